The molecular weight excluding hydrogens is 260 g/mol. The Morgan fingerprint density at radius 1 is 1.11 bits per heavy atom. The SMILES string of the molecule is NCc1ccc(S(=O)(=O)NCC2CCCCC2)cc1. The van der Waals surface area contributed by atoms with Gasteiger partial charge in [0.05, 0.1) is 4.90 Å². The van der Waals surface area contributed by atoms with Gasteiger partial charge in [0.2, 0.25) is 10.0 Å². The maximum Gasteiger partial charge on any atom is 0.240 e. The molecule has 0 atom stereocenters. The summed E-state index contributed by atoms with van der Waals surface area (Å²) in [5.74, 6) is 0.492. The molecule has 0 saturated heterocycles. The van der Waals surface area contributed by atoms with Crippen molar-refractivity contribution >= 4 is 10.0 Å². The molecule has 0 bridgehead atoms. The third kappa shape index (κ3) is 4.03. The Morgan fingerprint density at radius 3 is 2.32 bits per heavy atom. The van der Waals surface area contributed by atoms with Crippen molar-refractivity contribution in [3.63, 3.8) is 0 Å². The third-order valence-corrected chi connectivity index (χ3v) is 5.20. The van der Waals surface area contributed by atoms with Crippen LogP contribution in [0.25, 0.3) is 0 Å². The van der Waals surface area contributed by atoms with Crippen LogP contribution in [0.3, 0.4) is 0 Å². The monoisotopic (exact) mass is 282 g/mol. The molecule has 0 heterocycles. The number of sulfonamides is 1. The van der Waals surface area contributed by atoms with Crippen molar-refractivity contribution in [3.05, 3.63) is 29.8 Å². The van der Waals surface area contributed by atoms with Crippen LogP contribution in [0.1, 0.15) is 37.7 Å². The maximum absolute atomic E-state index is 12.1. The van der Waals surface area contributed by atoms with Crippen molar-refractivity contribution in [2.24, 2.45) is 11.7 Å². The highest BCUT2D eigenvalue weighted by Crippen LogP contribution is 2.23. The first-order valence-corrected chi connectivity index (χ1v) is 8.39. The van der Waals surface area contributed by atoms with Crippen LogP contribution in [0.4, 0.5) is 0 Å². The Kier molecular flexibility index (Phi) is 4.96. The lowest BCUT2D eigenvalue weighted by Gasteiger charge is -2.21. The molecule has 0 spiro atoms. The summed E-state index contributed by atoms with van der Waals surface area (Å²) in [6.07, 6.45) is 5.99. The molecule has 1 aromatic carbocycles. The molecule has 1 fully saturated rings. The molecule has 0 aliphatic heterocycles. The lowest BCUT2D eigenvalue weighted by atomic mass is 9.90. The molecule has 3 N–H and O–H groups in total. The van der Waals surface area contributed by atoms with E-state index in [1.54, 1.807) is 24.3 Å². The molecule has 0 unspecified atom stereocenters. The summed E-state index contributed by atoms with van der Waals surface area (Å²) in [5, 5.41) is 0. The molecule has 0 amide bonds. The minimum atomic E-state index is -3.38. The van der Waals surface area contributed by atoms with Gasteiger partial charge in [0.15, 0.2) is 0 Å². The molecule has 1 aromatic rings. The summed E-state index contributed by atoms with van der Waals surface area (Å²) >= 11 is 0. The second kappa shape index (κ2) is 6.50. The van der Waals surface area contributed by atoms with E-state index in [2.05, 4.69) is 4.72 Å². The highest BCUT2D eigenvalue weighted by atomic mass is 32.2. The van der Waals surface area contributed by atoms with Gasteiger partial charge < -0.3 is 5.73 Å². The quantitative estimate of drug-likeness (QED) is 0.867. The molecule has 0 radical (unpaired) electrons. The standard InChI is InChI=1S/C14H22N2O2S/c15-10-12-6-8-14(9-7-12)19(17,18)16-11-13-4-2-1-3-5-13/h6-9,13,16H,1-5,10-11,15H2. The largest absolute Gasteiger partial charge is 0.326 e. The molecule has 19 heavy (non-hydrogen) atoms. The van der Waals surface area contributed by atoms with E-state index in [1.165, 1.54) is 19.3 Å². The fraction of sp³-hybridized carbons (Fsp3) is 0.571. The van der Waals surface area contributed by atoms with Gasteiger partial charge in [-0.1, -0.05) is 31.4 Å². The minimum Gasteiger partial charge on any atom is -0.326 e. The predicted octanol–water partition coefficient (Wildman–Crippen LogP) is 2.00. The van der Waals surface area contributed by atoms with Crippen LogP contribution in [0.5, 0.6) is 0 Å². The number of nitrogens with one attached hydrogen (secondary N) is 1. The van der Waals surface area contributed by atoms with Gasteiger partial charge in [0.1, 0.15) is 0 Å². The van der Waals surface area contributed by atoms with Crippen molar-refractivity contribution in [3.8, 4) is 0 Å². The van der Waals surface area contributed by atoms with E-state index < -0.39 is 10.0 Å². The fourth-order valence-corrected chi connectivity index (χ4v) is 3.62. The molecular formula is C14H22N2O2S. The highest BCUT2D eigenvalue weighted by molar-refractivity contribution is 7.89. The van der Waals surface area contributed by atoms with E-state index in [0.29, 0.717) is 23.9 Å². The summed E-state index contributed by atoms with van der Waals surface area (Å²) in [6.45, 7) is 0.983. The molecule has 1 saturated carbocycles. The smallest absolute Gasteiger partial charge is 0.240 e. The summed E-state index contributed by atoms with van der Waals surface area (Å²) in [4.78, 5) is 0.320. The number of benzene rings is 1. The van der Waals surface area contributed by atoms with E-state index in [0.717, 1.165) is 18.4 Å². The summed E-state index contributed by atoms with van der Waals surface area (Å²) in [6, 6.07) is 6.75. The van der Waals surface area contributed by atoms with Gasteiger partial charge in [-0.05, 0) is 36.5 Å². The maximum atomic E-state index is 12.1. The fourth-order valence-electron chi connectivity index (χ4n) is 2.51. The van der Waals surface area contributed by atoms with E-state index in [1.807, 2.05) is 0 Å². The van der Waals surface area contributed by atoms with E-state index in [-0.39, 0.29) is 0 Å². The molecule has 1 aliphatic rings. The topological polar surface area (TPSA) is 72.2 Å². The van der Waals surface area contributed by atoms with Crippen molar-refractivity contribution in [2.75, 3.05) is 6.54 Å². The first-order chi connectivity index (χ1) is 9.12. The van der Waals surface area contributed by atoms with Crippen LogP contribution < -0.4 is 10.5 Å². The second-order valence-corrected chi connectivity index (χ2v) is 6.97. The number of nitrogens with two attached hydrogens (primary N) is 1. The lowest BCUT2D eigenvalue weighted by molar-refractivity contribution is 0.357. The Morgan fingerprint density at radius 2 is 1.74 bits per heavy atom. The minimum absolute atomic E-state index is 0.320. The van der Waals surface area contributed by atoms with E-state index >= 15 is 0 Å². The normalized spacial score (nSPS) is 17.5. The zero-order valence-electron chi connectivity index (χ0n) is 11.1. The molecule has 4 nitrogen and oxygen atoms in total. The first-order valence-electron chi connectivity index (χ1n) is 6.90. The molecule has 2 rings (SSSR count). The van der Waals surface area contributed by atoms with Gasteiger partial charge in [-0.2, -0.15) is 0 Å². The van der Waals surface area contributed by atoms with Crippen molar-refractivity contribution in [2.45, 2.75) is 43.5 Å². The molecule has 1 aliphatic carbocycles. The molecule has 106 valence electrons. The second-order valence-electron chi connectivity index (χ2n) is 5.20. The zero-order valence-corrected chi connectivity index (χ0v) is 12.0. The average molecular weight is 282 g/mol. The van der Waals surface area contributed by atoms with Crippen molar-refractivity contribution < 1.29 is 8.42 Å². The molecule has 0 aromatic heterocycles. The van der Waals surface area contributed by atoms with Crippen LogP contribution in [0, 0.1) is 5.92 Å². The van der Waals surface area contributed by atoms with Crippen LogP contribution in [0.2, 0.25) is 0 Å². The van der Waals surface area contributed by atoms with Crippen LogP contribution in [0.15, 0.2) is 29.2 Å². The highest BCUT2D eigenvalue weighted by Gasteiger charge is 2.18. The van der Waals surface area contributed by atoms with Gasteiger partial charge in [-0.15, -0.1) is 0 Å². The number of rotatable bonds is 5. The van der Waals surface area contributed by atoms with Crippen LogP contribution in [-0.2, 0) is 16.6 Å². The van der Waals surface area contributed by atoms with Gasteiger partial charge in [-0.3, -0.25) is 0 Å². The summed E-state index contributed by atoms with van der Waals surface area (Å²) in [5.41, 5.74) is 6.44. The summed E-state index contributed by atoms with van der Waals surface area (Å²) in [7, 11) is -3.38. The number of hydrogen-bond acceptors (Lipinski definition) is 3. The Labute approximate surface area is 115 Å². The lowest BCUT2D eigenvalue weighted by Crippen LogP contribution is -2.30. The number of hydrogen-bond donors (Lipinski definition) is 2. The molecule has 5 heteroatoms. The average Bonchev–Trinajstić information content (AvgIpc) is 2.46. The Bertz CT molecular complexity index is 491. The van der Waals surface area contributed by atoms with Crippen LogP contribution in [-0.4, -0.2) is 15.0 Å². The van der Waals surface area contributed by atoms with Gasteiger partial charge >= 0.3 is 0 Å². The first kappa shape index (κ1) is 14.5. The van der Waals surface area contributed by atoms with E-state index in [9.17, 15) is 8.42 Å². The van der Waals surface area contributed by atoms with Crippen molar-refractivity contribution in [1.29, 1.82) is 0 Å². The van der Waals surface area contributed by atoms with Gasteiger partial charge in [0.25, 0.3) is 0 Å². The van der Waals surface area contributed by atoms with Crippen molar-refractivity contribution in [1.82, 2.24) is 4.72 Å². The zero-order chi connectivity index (χ0) is 13.7. The van der Waals surface area contributed by atoms with Crippen LogP contribution >= 0.6 is 0 Å². The Hall–Kier alpha value is -0.910. The predicted molar refractivity (Wildman–Crippen MR) is 76.1 cm³/mol. The van der Waals surface area contributed by atoms with Gasteiger partial charge in [0, 0.05) is 13.1 Å². The van der Waals surface area contributed by atoms with E-state index in [4.69, 9.17) is 5.73 Å². The summed E-state index contributed by atoms with van der Waals surface area (Å²) < 4.78 is 27.0. The third-order valence-electron chi connectivity index (χ3n) is 3.76. The Balaban J connectivity index is 1.96. The van der Waals surface area contributed by atoms with Gasteiger partial charge in [-0.25, -0.2) is 13.1 Å².